The Kier molecular flexibility index (Phi) is 2.91. The first kappa shape index (κ1) is 10.9. The Labute approximate surface area is 106 Å². The van der Waals surface area contributed by atoms with Crippen molar-refractivity contribution in [1.82, 2.24) is 5.32 Å². The number of nitrogens with one attached hydrogen (secondary N) is 1. The smallest absolute Gasteiger partial charge is 0.134 e. The molecule has 1 aliphatic carbocycles. The minimum absolute atomic E-state index is 0.707. The van der Waals surface area contributed by atoms with E-state index in [1.807, 2.05) is 36.4 Å². The van der Waals surface area contributed by atoms with E-state index in [1.54, 1.807) is 0 Å². The summed E-state index contributed by atoms with van der Waals surface area (Å²) in [5.41, 5.74) is 1.06. The summed E-state index contributed by atoms with van der Waals surface area (Å²) < 4.78 is 5.78. The molecule has 1 heterocycles. The average Bonchev–Trinajstić information content (AvgIpc) is 3.06. The fourth-order valence-electron chi connectivity index (χ4n) is 1.77. The van der Waals surface area contributed by atoms with Crippen LogP contribution >= 0.6 is 11.6 Å². The van der Waals surface area contributed by atoms with Crippen molar-refractivity contribution in [2.24, 2.45) is 0 Å². The van der Waals surface area contributed by atoms with Gasteiger partial charge in [-0.25, -0.2) is 0 Å². The molecule has 88 valence electrons. The third kappa shape index (κ3) is 2.71. The zero-order valence-electron chi connectivity index (χ0n) is 9.45. The Bertz CT molecular complexity index is 499. The van der Waals surface area contributed by atoms with Crippen LogP contribution in [0, 0.1) is 0 Å². The summed E-state index contributed by atoms with van der Waals surface area (Å²) in [5.74, 6) is 1.89. The first-order valence-corrected chi connectivity index (χ1v) is 6.27. The van der Waals surface area contributed by atoms with Crippen LogP contribution in [0.1, 0.15) is 18.6 Å². The summed E-state index contributed by atoms with van der Waals surface area (Å²) in [5, 5.41) is 4.18. The van der Waals surface area contributed by atoms with Crippen LogP contribution in [0.2, 0.25) is 5.02 Å². The fourth-order valence-corrected chi connectivity index (χ4v) is 1.90. The number of benzene rings is 1. The minimum Gasteiger partial charge on any atom is -0.460 e. The molecule has 1 aromatic heterocycles. The molecule has 1 aliphatic rings. The standard InChI is InChI=1S/C14H14ClNO/c15-11-3-1-10(2-4-11)14-8-7-13(17-14)9-16-12-5-6-12/h1-4,7-8,12,16H,5-6,9H2. The molecule has 2 nitrogen and oxygen atoms in total. The highest BCUT2D eigenvalue weighted by Gasteiger charge is 2.20. The first-order valence-electron chi connectivity index (χ1n) is 5.89. The van der Waals surface area contributed by atoms with Gasteiger partial charge in [0.25, 0.3) is 0 Å². The molecule has 1 N–H and O–H groups in total. The summed E-state index contributed by atoms with van der Waals surface area (Å²) >= 11 is 5.86. The Morgan fingerprint density at radius 1 is 1.12 bits per heavy atom. The summed E-state index contributed by atoms with van der Waals surface area (Å²) in [7, 11) is 0. The number of hydrogen-bond donors (Lipinski definition) is 1. The second-order valence-corrected chi connectivity index (χ2v) is 4.86. The van der Waals surface area contributed by atoms with Gasteiger partial charge >= 0.3 is 0 Å². The van der Waals surface area contributed by atoms with Crippen molar-refractivity contribution in [3.63, 3.8) is 0 Å². The van der Waals surface area contributed by atoms with E-state index in [4.69, 9.17) is 16.0 Å². The van der Waals surface area contributed by atoms with Crippen molar-refractivity contribution < 1.29 is 4.42 Å². The molecule has 1 aromatic carbocycles. The molecule has 3 heteroatoms. The molecule has 2 aromatic rings. The largest absolute Gasteiger partial charge is 0.460 e. The Morgan fingerprint density at radius 3 is 2.59 bits per heavy atom. The third-order valence-electron chi connectivity index (χ3n) is 2.93. The molecule has 1 fully saturated rings. The summed E-state index contributed by atoms with van der Waals surface area (Å²) in [4.78, 5) is 0. The number of furan rings is 1. The second-order valence-electron chi connectivity index (χ2n) is 4.43. The SMILES string of the molecule is Clc1ccc(-c2ccc(CNC3CC3)o2)cc1. The highest BCUT2D eigenvalue weighted by atomic mass is 35.5. The van der Waals surface area contributed by atoms with E-state index < -0.39 is 0 Å². The average molecular weight is 248 g/mol. The maximum atomic E-state index is 5.86. The predicted molar refractivity (Wildman–Crippen MR) is 69.0 cm³/mol. The van der Waals surface area contributed by atoms with Gasteiger partial charge in [-0.05, 0) is 49.2 Å². The van der Waals surface area contributed by atoms with Gasteiger partial charge in [0.15, 0.2) is 0 Å². The van der Waals surface area contributed by atoms with Gasteiger partial charge < -0.3 is 9.73 Å². The van der Waals surface area contributed by atoms with Crippen molar-refractivity contribution in [3.8, 4) is 11.3 Å². The van der Waals surface area contributed by atoms with Crippen molar-refractivity contribution in [3.05, 3.63) is 47.2 Å². The lowest BCUT2D eigenvalue weighted by atomic mass is 10.2. The quantitative estimate of drug-likeness (QED) is 0.888. The van der Waals surface area contributed by atoms with Gasteiger partial charge in [0.2, 0.25) is 0 Å². The molecule has 3 rings (SSSR count). The van der Waals surface area contributed by atoms with E-state index in [0.717, 1.165) is 28.7 Å². The maximum absolute atomic E-state index is 5.86. The highest BCUT2D eigenvalue weighted by Crippen LogP contribution is 2.24. The van der Waals surface area contributed by atoms with Crippen LogP contribution in [-0.2, 0) is 6.54 Å². The Balaban J connectivity index is 1.72. The van der Waals surface area contributed by atoms with E-state index in [2.05, 4.69) is 5.32 Å². The molecule has 0 bridgehead atoms. The Morgan fingerprint density at radius 2 is 1.88 bits per heavy atom. The van der Waals surface area contributed by atoms with Crippen molar-refractivity contribution in [1.29, 1.82) is 0 Å². The molecule has 0 unspecified atom stereocenters. The molecule has 0 atom stereocenters. The van der Waals surface area contributed by atoms with Crippen molar-refractivity contribution >= 4 is 11.6 Å². The normalized spacial score (nSPS) is 15.1. The fraction of sp³-hybridized carbons (Fsp3) is 0.286. The van der Waals surface area contributed by atoms with E-state index >= 15 is 0 Å². The maximum Gasteiger partial charge on any atom is 0.134 e. The number of hydrogen-bond acceptors (Lipinski definition) is 2. The highest BCUT2D eigenvalue weighted by molar-refractivity contribution is 6.30. The zero-order chi connectivity index (χ0) is 11.7. The summed E-state index contributed by atoms with van der Waals surface area (Å²) in [6, 6.07) is 12.4. The van der Waals surface area contributed by atoms with Gasteiger partial charge in [-0.1, -0.05) is 11.6 Å². The van der Waals surface area contributed by atoms with E-state index in [9.17, 15) is 0 Å². The van der Waals surface area contributed by atoms with E-state index in [0.29, 0.717) is 6.04 Å². The van der Waals surface area contributed by atoms with Crippen LogP contribution in [0.25, 0.3) is 11.3 Å². The monoisotopic (exact) mass is 247 g/mol. The molecule has 0 aliphatic heterocycles. The molecule has 1 saturated carbocycles. The lowest BCUT2D eigenvalue weighted by molar-refractivity contribution is 0.492. The molecule has 0 spiro atoms. The third-order valence-corrected chi connectivity index (χ3v) is 3.18. The lowest BCUT2D eigenvalue weighted by Crippen LogP contribution is -2.14. The first-order chi connectivity index (χ1) is 8.31. The van der Waals surface area contributed by atoms with Crippen LogP contribution in [-0.4, -0.2) is 6.04 Å². The van der Waals surface area contributed by atoms with Crippen LogP contribution in [0.5, 0.6) is 0 Å². The predicted octanol–water partition coefficient (Wildman–Crippen LogP) is 3.85. The zero-order valence-corrected chi connectivity index (χ0v) is 10.2. The molecule has 0 saturated heterocycles. The topological polar surface area (TPSA) is 25.2 Å². The van der Waals surface area contributed by atoms with Gasteiger partial charge in [-0.15, -0.1) is 0 Å². The number of rotatable bonds is 4. The van der Waals surface area contributed by atoms with Gasteiger partial charge in [0.1, 0.15) is 11.5 Å². The lowest BCUT2D eigenvalue weighted by Gasteiger charge is -1.99. The molecule has 17 heavy (non-hydrogen) atoms. The van der Waals surface area contributed by atoms with Gasteiger partial charge in [0, 0.05) is 16.6 Å². The van der Waals surface area contributed by atoms with E-state index in [1.165, 1.54) is 12.8 Å². The van der Waals surface area contributed by atoms with Crippen LogP contribution < -0.4 is 5.32 Å². The summed E-state index contributed by atoms with van der Waals surface area (Å²) in [6.07, 6.45) is 2.59. The van der Waals surface area contributed by atoms with Gasteiger partial charge in [-0.2, -0.15) is 0 Å². The van der Waals surface area contributed by atoms with Gasteiger partial charge in [0.05, 0.1) is 6.54 Å². The Hall–Kier alpha value is -1.25. The van der Waals surface area contributed by atoms with E-state index in [-0.39, 0.29) is 0 Å². The molecular weight excluding hydrogens is 234 g/mol. The van der Waals surface area contributed by atoms with Crippen LogP contribution in [0.15, 0.2) is 40.8 Å². The number of halogens is 1. The van der Waals surface area contributed by atoms with Crippen LogP contribution in [0.3, 0.4) is 0 Å². The second kappa shape index (κ2) is 4.55. The molecule has 0 amide bonds. The summed E-state index contributed by atoms with van der Waals surface area (Å²) in [6.45, 7) is 0.818. The molecular formula is C14H14ClNO. The van der Waals surface area contributed by atoms with Crippen LogP contribution in [0.4, 0.5) is 0 Å². The molecule has 0 radical (unpaired) electrons. The minimum atomic E-state index is 0.707. The van der Waals surface area contributed by atoms with Crippen molar-refractivity contribution in [2.75, 3.05) is 0 Å². The van der Waals surface area contributed by atoms with Gasteiger partial charge in [-0.3, -0.25) is 0 Å². The van der Waals surface area contributed by atoms with Crippen molar-refractivity contribution in [2.45, 2.75) is 25.4 Å².